The quantitative estimate of drug-likeness (QED) is 0.580. The van der Waals surface area contributed by atoms with Crippen LogP contribution in [-0.4, -0.2) is 23.2 Å². The van der Waals surface area contributed by atoms with Crippen molar-refractivity contribution in [2.75, 3.05) is 0 Å². The Morgan fingerprint density at radius 2 is 1.94 bits per heavy atom. The fraction of sp³-hybridized carbons (Fsp3) is 0.250. The van der Waals surface area contributed by atoms with Crippen molar-refractivity contribution in [3.8, 4) is 11.5 Å². The first kappa shape index (κ1) is 13.2. The molecule has 0 amide bonds. The molecule has 0 saturated heterocycles. The summed E-state index contributed by atoms with van der Waals surface area (Å²) in [6.07, 6.45) is -0.988. The van der Waals surface area contributed by atoms with Crippen LogP contribution in [0, 0.1) is 0 Å². The van der Waals surface area contributed by atoms with Crippen molar-refractivity contribution in [2.45, 2.75) is 13.0 Å². The maximum absolute atomic E-state index is 10.5. The fourth-order valence-corrected chi connectivity index (χ4v) is 2.02. The molecule has 0 bridgehead atoms. The van der Waals surface area contributed by atoms with E-state index in [9.17, 15) is 18.6 Å². The Kier molecular flexibility index (Phi) is 3.79. The molecule has 0 fully saturated rings. The molecule has 8 heteroatoms. The Morgan fingerprint density at radius 3 is 2.38 bits per heavy atom. The first-order valence-corrected chi connectivity index (χ1v) is 6.23. The smallest absolute Gasteiger partial charge is 0.397 e. The van der Waals surface area contributed by atoms with Crippen LogP contribution in [-0.2, 0) is 14.6 Å². The van der Waals surface area contributed by atoms with Crippen LogP contribution in [0.25, 0.3) is 0 Å². The lowest BCUT2D eigenvalue weighted by Gasteiger charge is -2.12. The van der Waals surface area contributed by atoms with Crippen LogP contribution >= 0.6 is 15.9 Å². The summed E-state index contributed by atoms with van der Waals surface area (Å²) in [7, 11) is -4.57. The van der Waals surface area contributed by atoms with Crippen LogP contribution in [0.4, 0.5) is 0 Å². The van der Waals surface area contributed by atoms with Gasteiger partial charge in [-0.25, -0.2) is 4.18 Å². The number of halogens is 1. The average molecular weight is 313 g/mol. The summed E-state index contributed by atoms with van der Waals surface area (Å²) in [5.41, 5.74) is 0.278. The molecule has 1 rings (SSSR count). The molecular weight excluding hydrogens is 304 g/mol. The molecule has 1 atom stereocenters. The minimum atomic E-state index is -4.57. The van der Waals surface area contributed by atoms with Crippen LogP contribution in [0.15, 0.2) is 16.6 Å². The van der Waals surface area contributed by atoms with Crippen molar-refractivity contribution in [3.05, 3.63) is 22.2 Å². The van der Waals surface area contributed by atoms with Crippen LogP contribution in [0.3, 0.4) is 0 Å². The normalized spacial score (nSPS) is 13.7. The van der Waals surface area contributed by atoms with E-state index in [1.54, 1.807) is 0 Å². The third-order valence-electron chi connectivity index (χ3n) is 1.80. The highest BCUT2D eigenvalue weighted by atomic mass is 79.9. The van der Waals surface area contributed by atoms with Gasteiger partial charge in [0.25, 0.3) is 0 Å². The SMILES string of the molecule is CC(OS(=O)(=O)O)c1cc(O)c(O)c(Br)c1. The molecule has 3 N–H and O–H groups in total. The molecule has 0 radical (unpaired) electrons. The maximum Gasteiger partial charge on any atom is 0.397 e. The van der Waals surface area contributed by atoms with Gasteiger partial charge in [-0.3, -0.25) is 4.55 Å². The van der Waals surface area contributed by atoms with E-state index in [4.69, 9.17) is 4.55 Å². The van der Waals surface area contributed by atoms with Crippen molar-refractivity contribution in [1.82, 2.24) is 0 Å². The predicted octanol–water partition coefficient (Wildman–Crippen LogP) is 1.74. The predicted molar refractivity (Wildman–Crippen MR) is 58.5 cm³/mol. The summed E-state index contributed by atoms with van der Waals surface area (Å²) in [4.78, 5) is 0. The van der Waals surface area contributed by atoms with Gasteiger partial charge in [-0.1, -0.05) is 0 Å². The Bertz CT molecular complexity index is 474. The van der Waals surface area contributed by atoms with Gasteiger partial charge in [0.05, 0.1) is 4.47 Å². The van der Waals surface area contributed by atoms with Crippen LogP contribution in [0.1, 0.15) is 18.6 Å². The molecular formula is C8H9BrO6S. The zero-order chi connectivity index (χ0) is 12.5. The Balaban J connectivity index is 3.06. The molecule has 0 heterocycles. The largest absolute Gasteiger partial charge is 0.504 e. The van der Waals surface area contributed by atoms with Crippen LogP contribution in [0.5, 0.6) is 11.5 Å². The molecule has 0 aliphatic rings. The number of aromatic hydroxyl groups is 2. The first-order chi connectivity index (χ1) is 7.20. The molecule has 0 aliphatic carbocycles. The number of benzene rings is 1. The molecule has 1 unspecified atom stereocenters. The van der Waals surface area contributed by atoms with E-state index in [2.05, 4.69) is 20.1 Å². The number of hydrogen-bond donors (Lipinski definition) is 3. The molecule has 6 nitrogen and oxygen atoms in total. The van der Waals surface area contributed by atoms with Gasteiger partial charge in [-0.2, -0.15) is 8.42 Å². The van der Waals surface area contributed by atoms with Gasteiger partial charge in [0.15, 0.2) is 11.5 Å². The van der Waals surface area contributed by atoms with Gasteiger partial charge in [0.2, 0.25) is 0 Å². The van der Waals surface area contributed by atoms with E-state index in [0.29, 0.717) is 0 Å². The molecule has 16 heavy (non-hydrogen) atoms. The molecule has 0 saturated carbocycles. The Hall–Kier alpha value is -0.830. The Morgan fingerprint density at radius 1 is 1.38 bits per heavy atom. The van der Waals surface area contributed by atoms with E-state index < -0.39 is 22.3 Å². The summed E-state index contributed by atoms with van der Waals surface area (Å²) in [5.74, 6) is -0.780. The number of phenolic OH excluding ortho intramolecular Hbond substituents is 2. The molecule has 1 aromatic rings. The van der Waals surface area contributed by atoms with E-state index in [0.717, 1.165) is 6.07 Å². The minimum Gasteiger partial charge on any atom is -0.504 e. The summed E-state index contributed by atoms with van der Waals surface area (Å²) in [5, 5.41) is 18.5. The van der Waals surface area contributed by atoms with Crippen molar-refractivity contribution in [2.24, 2.45) is 0 Å². The molecule has 0 aliphatic heterocycles. The summed E-state index contributed by atoms with van der Waals surface area (Å²) < 4.78 is 33.9. The zero-order valence-electron chi connectivity index (χ0n) is 8.08. The lowest BCUT2D eigenvalue weighted by atomic mass is 10.1. The third-order valence-corrected chi connectivity index (χ3v) is 2.94. The zero-order valence-corrected chi connectivity index (χ0v) is 10.5. The summed E-state index contributed by atoms with van der Waals surface area (Å²) in [6, 6.07) is 2.50. The van der Waals surface area contributed by atoms with Gasteiger partial charge in [-0.15, -0.1) is 0 Å². The molecule has 0 spiro atoms. The van der Waals surface area contributed by atoms with Gasteiger partial charge in [0, 0.05) is 0 Å². The molecule has 90 valence electrons. The standard InChI is InChI=1S/C8H9BrO6S/c1-4(15-16(12,13)14)5-2-6(9)8(11)7(10)3-5/h2-4,10-11H,1H3,(H,12,13,14). The van der Waals surface area contributed by atoms with Crippen molar-refractivity contribution >= 4 is 26.3 Å². The van der Waals surface area contributed by atoms with Crippen molar-refractivity contribution in [3.63, 3.8) is 0 Å². The van der Waals surface area contributed by atoms with Gasteiger partial charge >= 0.3 is 10.4 Å². The number of rotatable bonds is 3. The molecule has 0 aromatic heterocycles. The van der Waals surface area contributed by atoms with Crippen LogP contribution < -0.4 is 0 Å². The van der Waals surface area contributed by atoms with E-state index >= 15 is 0 Å². The summed E-state index contributed by atoms with van der Waals surface area (Å²) in [6.45, 7) is 1.37. The average Bonchev–Trinajstić information content (AvgIpc) is 2.10. The minimum absolute atomic E-state index is 0.188. The topological polar surface area (TPSA) is 104 Å². The second kappa shape index (κ2) is 4.58. The lowest BCUT2D eigenvalue weighted by molar-refractivity contribution is 0.200. The fourth-order valence-electron chi connectivity index (χ4n) is 1.08. The van der Waals surface area contributed by atoms with Gasteiger partial charge in [0.1, 0.15) is 6.10 Å². The van der Waals surface area contributed by atoms with Crippen molar-refractivity contribution in [1.29, 1.82) is 0 Å². The van der Waals surface area contributed by atoms with Crippen molar-refractivity contribution < 1.29 is 27.4 Å². The third kappa shape index (κ3) is 3.34. The van der Waals surface area contributed by atoms with Gasteiger partial charge < -0.3 is 10.2 Å². The van der Waals surface area contributed by atoms with E-state index in [-0.39, 0.29) is 15.8 Å². The number of phenols is 2. The highest BCUT2D eigenvalue weighted by Gasteiger charge is 2.17. The van der Waals surface area contributed by atoms with E-state index in [1.165, 1.54) is 13.0 Å². The first-order valence-electron chi connectivity index (χ1n) is 4.08. The highest BCUT2D eigenvalue weighted by molar-refractivity contribution is 9.10. The molecule has 1 aromatic carbocycles. The maximum atomic E-state index is 10.5. The Labute approximate surface area is 101 Å². The second-order valence-corrected chi connectivity index (χ2v) is 4.94. The monoisotopic (exact) mass is 312 g/mol. The van der Waals surface area contributed by atoms with Crippen LogP contribution in [0.2, 0.25) is 0 Å². The number of hydrogen-bond acceptors (Lipinski definition) is 5. The highest BCUT2D eigenvalue weighted by Crippen LogP contribution is 2.36. The summed E-state index contributed by atoms with van der Waals surface area (Å²) >= 11 is 2.97. The van der Waals surface area contributed by atoms with Gasteiger partial charge in [-0.05, 0) is 40.5 Å². The lowest BCUT2D eigenvalue weighted by Crippen LogP contribution is -2.08. The van der Waals surface area contributed by atoms with E-state index in [1.807, 2.05) is 0 Å². The second-order valence-electron chi connectivity index (χ2n) is 3.04.